The van der Waals surface area contributed by atoms with Crippen molar-refractivity contribution in [1.29, 1.82) is 0 Å². The Hall–Kier alpha value is -4.21. The number of aromatic nitrogens is 3. The molecule has 0 N–H and O–H groups in total. The molecule has 1 aliphatic rings. The number of halogens is 1. The zero-order chi connectivity index (χ0) is 29.6. The third-order valence-electron chi connectivity index (χ3n) is 7.55. The van der Waals surface area contributed by atoms with Crippen LogP contribution in [0.5, 0.6) is 5.75 Å². The molecule has 218 valence electrons. The molecule has 0 bridgehead atoms. The topological polar surface area (TPSA) is 83.8 Å². The van der Waals surface area contributed by atoms with E-state index < -0.39 is 0 Å². The summed E-state index contributed by atoms with van der Waals surface area (Å²) in [4.78, 5) is 32.9. The van der Waals surface area contributed by atoms with Crippen LogP contribution in [0.3, 0.4) is 0 Å². The minimum Gasteiger partial charge on any atom is -0.497 e. The summed E-state index contributed by atoms with van der Waals surface area (Å²) in [5.41, 5.74) is 4.42. The molecule has 0 aliphatic carbocycles. The van der Waals surface area contributed by atoms with E-state index in [0.717, 1.165) is 36.4 Å². The molecular weight excluding hydrogens is 552 g/mol. The highest BCUT2D eigenvalue weighted by Crippen LogP contribution is 2.28. The maximum Gasteiger partial charge on any atom is 0.276 e. The molecule has 0 radical (unpaired) electrons. The Morgan fingerprint density at radius 2 is 1.76 bits per heavy atom. The predicted octanol–water partition coefficient (Wildman–Crippen LogP) is 5.14. The summed E-state index contributed by atoms with van der Waals surface area (Å²) in [5, 5.41) is 9.17. The second-order valence-corrected chi connectivity index (χ2v) is 10.9. The van der Waals surface area contributed by atoms with E-state index >= 15 is 0 Å². The highest BCUT2D eigenvalue weighted by atomic mass is 35.5. The van der Waals surface area contributed by atoms with E-state index in [1.54, 1.807) is 34.6 Å². The van der Waals surface area contributed by atoms with Crippen molar-refractivity contribution in [2.75, 3.05) is 38.2 Å². The van der Waals surface area contributed by atoms with Crippen LogP contribution in [0.4, 0.5) is 5.69 Å². The molecule has 10 heteroatoms. The van der Waals surface area contributed by atoms with Gasteiger partial charge in [-0.2, -0.15) is 0 Å². The molecule has 4 aromatic rings. The molecule has 0 saturated carbocycles. The first-order valence-electron chi connectivity index (χ1n) is 14.0. The minimum absolute atomic E-state index is 0.0673. The molecule has 1 aliphatic heterocycles. The number of fused-ring (bicyclic) bond motifs is 1. The van der Waals surface area contributed by atoms with Crippen molar-refractivity contribution in [2.24, 2.45) is 0 Å². The molecular formula is C32H35ClN6O3. The number of nitrogens with zero attached hydrogens (tertiary/aromatic N) is 6. The van der Waals surface area contributed by atoms with E-state index in [-0.39, 0.29) is 17.5 Å². The second kappa shape index (κ2) is 13.2. The Labute approximate surface area is 251 Å². The van der Waals surface area contributed by atoms with Crippen LogP contribution in [0.25, 0.3) is 5.69 Å². The molecule has 9 nitrogen and oxygen atoms in total. The number of benzene rings is 3. The molecule has 3 aromatic carbocycles. The predicted molar refractivity (Wildman–Crippen MR) is 163 cm³/mol. The first kappa shape index (κ1) is 29.3. The fraction of sp³-hybridized carbons (Fsp3) is 0.312. The summed E-state index contributed by atoms with van der Waals surface area (Å²) >= 11 is 6.40. The van der Waals surface area contributed by atoms with Crippen molar-refractivity contribution in [3.63, 3.8) is 0 Å². The smallest absolute Gasteiger partial charge is 0.276 e. The molecule has 0 saturated heterocycles. The number of hydrogen-bond acceptors (Lipinski definition) is 6. The minimum atomic E-state index is -0.226. The number of carbonyl (C=O) groups excluding carboxylic acids is 2. The lowest BCUT2D eigenvalue weighted by atomic mass is 10.1. The average molecular weight is 587 g/mol. The molecule has 2 amide bonds. The Kier molecular flexibility index (Phi) is 9.19. The lowest BCUT2D eigenvalue weighted by Gasteiger charge is -2.28. The number of rotatable bonds is 5. The summed E-state index contributed by atoms with van der Waals surface area (Å²) in [6.45, 7) is 6.89. The van der Waals surface area contributed by atoms with Crippen molar-refractivity contribution < 1.29 is 14.3 Å². The third kappa shape index (κ3) is 6.64. The van der Waals surface area contributed by atoms with Gasteiger partial charge < -0.3 is 14.5 Å². The molecule has 5 rings (SSSR count). The summed E-state index contributed by atoms with van der Waals surface area (Å²) < 4.78 is 7.01. The number of hydrogen-bond donors (Lipinski definition) is 0. The average Bonchev–Trinajstić information content (AvgIpc) is 3.37. The Morgan fingerprint density at radius 1 is 0.952 bits per heavy atom. The van der Waals surface area contributed by atoms with E-state index in [1.807, 2.05) is 61.5 Å². The maximum absolute atomic E-state index is 14.2. The van der Waals surface area contributed by atoms with E-state index in [4.69, 9.17) is 16.3 Å². The Balaban J connectivity index is 1.50. The fourth-order valence-corrected chi connectivity index (χ4v) is 5.48. The highest BCUT2D eigenvalue weighted by molar-refractivity contribution is 6.31. The first-order valence-corrected chi connectivity index (χ1v) is 14.4. The molecule has 0 atom stereocenters. The summed E-state index contributed by atoms with van der Waals surface area (Å²) in [6, 6.07) is 23.2. The van der Waals surface area contributed by atoms with E-state index in [2.05, 4.69) is 27.3 Å². The molecule has 1 aromatic heterocycles. The van der Waals surface area contributed by atoms with Crippen molar-refractivity contribution >= 4 is 29.1 Å². The van der Waals surface area contributed by atoms with Gasteiger partial charge in [-0.05, 0) is 48.7 Å². The normalized spacial score (nSPS) is 14.7. The van der Waals surface area contributed by atoms with Crippen LogP contribution in [-0.2, 0) is 17.9 Å². The fourth-order valence-electron chi connectivity index (χ4n) is 5.32. The standard InChI is InChI=1S/C32H35ClN6O3/c1-23-31(34-35-39(23)28-11-7-12-29(20-28)42-3)32(41)37-18-17-36(21-25-9-5-4-6-10-25)15-8-16-38(24(2)40)30-19-27(33)14-13-26(30)22-37/h4-7,9-14,19-20H,8,15-18,21-22H2,1-3H3. The Morgan fingerprint density at radius 3 is 2.52 bits per heavy atom. The molecule has 42 heavy (non-hydrogen) atoms. The van der Waals surface area contributed by atoms with Gasteiger partial charge >= 0.3 is 0 Å². The van der Waals surface area contributed by atoms with Gasteiger partial charge in [0.25, 0.3) is 5.91 Å². The number of methoxy groups -OCH3 is 1. The second-order valence-electron chi connectivity index (χ2n) is 10.4. The van der Waals surface area contributed by atoms with Crippen LogP contribution in [0.2, 0.25) is 5.02 Å². The molecule has 0 fully saturated rings. The van der Waals surface area contributed by atoms with E-state index in [1.165, 1.54) is 5.56 Å². The monoisotopic (exact) mass is 586 g/mol. The zero-order valence-corrected chi connectivity index (χ0v) is 24.9. The largest absolute Gasteiger partial charge is 0.497 e. The SMILES string of the molecule is COc1cccc(-n2nnc(C(=O)N3CCN(Cc4ccccc4)CCCN(C(C)=O)c4cc(Cl)ccc4C3)c2C)c1. The van der Waals surface area contributed by atoms with Gasteiger partial charge in [-0.1, -0.05) is 59.3 Å². The molecule has 2 heterocycles. The maximum atomic E-state index is 14.2. The van der Waals surface area contributed by atoms with Gasteiger partial charge in [-0.25, -0.2) is 4.68 Å². The van der Waals surface area contributed by atoms with Crippen molar-refractivity contribution in [1.82, 2.24) is 24.8 Å². The third-order valence-corrected chi connectivity index (χ3v) is 7.79. The van der Waals surface area contributed by atoms with Crippen LogP contribution in [0.15, 0.2) is 72.8 Å². The van der Waals surface area contributed by atoms with Crippen LogP contribution in [-0.4, -0.2) is 69.9 Å². The summed E-state index contributed by atoms with van der Waals surface area (Å²) in [7, 11) is 1.61. The van der Waals surface area contributed by atoms with Gasteiger partial charge in [0.2, 0.25) is 5.91 Å². The van der Waals surface area contributed by atoms with Crippen molar-refractivity contribution in [3.8, 4) is 11.4 Å². The lowest BCUT2D eigenvalue weighted by Crippen LogP contribution is -2.39. The number of anilines is 1. The summed E-state index contributed by atoms with van der Waals surface area (Å²) in [6.07, 6.45) is 0.778. The van der Waals surface area contributed by atoms with E-state index in [0.29, 0.717) is 42.6 Å². The van der Waals surface area contributed by atoms with Crippen molar-refractivity contribution in [3.05, 3.63) is 100 Å². The van der Waals surface area contributed by atoms with Gasteiger partial charge in [0, 0.05) is 57.3 Å². The summed E-state index contributed by atoms with van der Waals surface area (Å²) in [5.74, 6) is 0.393. The molecule has 0 unspecified atom stereocenters. The lowest BCUT2D eigenvalue weighted by molar-refractivity contribution is -0.116. The van der Waals surface area contributed by atoms with Crippen LogP contribution < -0.4 is 9.64 Å². The Bertz CT molecular complexity index is 1560. The van der Waals surface area contributed by atoms with Gasteiger partial charge in [0.15, 0.2) is 5.69 Å². The van der Waals surface area contributed by atoms with Crippen LogP contribution >= 0.6 is 11.6 Å². The number of ether oxygens (including phenoxy) is 1. The molecule has 0 spiro atoms. The highest BCUT2D eigenvalue weighted by Gasteiger charge is 2.27. The van der Waals surface area contributed by atoms with Gasteiger partial charge in [-0.15, -0.1) is 5.10 Å². The quantitative estimate of drug-likeness (QED) is 0.322. The first-order chi connectivity index (χ1) is 20.3. The van der Waals surface area contributed by atoms with Gasteiger partial charge in [0.05, 0.1) is 24.2 Å². The number of carbonyl (C=O) groups is 2. The zero-order valence-electron chi connectivity index (χ0n) is 24.2. The van der Waals surface area contributed by atoms with E-state index in [9.17, 15) is 9.59 Å². The van der Waals surface area contributed by atoms with Crippen LogP contribution in [0.1, 0.15) is 40.7 Å². The number of amides is 2. The van der Waals surface area contributed by atoms with Crippen LogP contribution in [0, 0.1) is 6.92 Å². The van der Waals surface area contributed by atoms with Gasteiger partial charge in [0.1, 0.15) is 5.75 Å². The van der Waals surface area contributed by atoms with Gasteiger partial charge in [-0.3, -0.25) is 14.5 Å². The van der Waals surface area contributed by atoms with Crippen molar-refractivity contribution in [2.45, 2.75) is 33.4 Å².